The lowest BCUT2D eigenvalue weighted by Gasteiger charge is -2.07. The van der Waals surface area contributed by atoms with Crippen molar-refractivity contribution in [3.63, 3.8) is 0 Å². The largest absolute Gasteiger partial charge is 0.464 e. The minimum absolute atomic E-state index is 0.0793. The SMILES string of the molecule is CCOC(=O)c1c(-c2ccco2)csc1NC(=O)CSc1n[nH]c(/C=C/c2ccccc2)n1. The molecule has 1 amide bonds. The van der Waals surface area contributed by atoms with Gasteiger partial charge in [0, 0.05) is 10.9 Å². The number of benzene rings is 1. The molecule has 0 aliphatic carbocycles. The number of nitrogens with zero attached hydrogens (tertiary/aromatic N) is 2. The zero-order chi connectivity index (χ0) is 23.0. The van der Waals surface area contributed by atoms with Gasteiger partial charge >= 0.3 is 5.97 Å². The summed E-state index contributed by atoms with van der Waals surface area (Å²) < 4.78 is 10.6. The number of H-pyrrole nitrogens is 1. The highest BCUT2D eigenvalue weighted by Gasteiger charge is 2.24. The monoisotopic (exact) mass is 480 g/mol. The number of thiophene rings is 1. The second kappa shape index (κ2) is 10.8. The number of thioether (sulfide) groups is 1. The van der Waals surface area contributed by atoms with Crippen LogP contribution >= 0.6 is 23.1 Å². The molecule has 3 heterocycles. The Labute approximate surface area is 198 Å². The predicted octanol–water partition coefficient (Wildman–Crippen LogP) is 5.20. The Morgan fingerprint density at radius 2 is 2.06 bits per heavy atom. The van der Waals surface area contributed by atoms with Crippen LogP contribution in [-0.2, 0) is 9.53 Å². The highest BCUT2D eigenvalue weighted by molar-refractivity contribution is 7.99. The van der Waals surface area contributed by atoms with E-state index in [-0.39, 0.29) is 23.8 Å². The quantitative estimate of drug-likeness (QED) is 0.250. The fourth-order valence-electron chi connectivity index (χ4n) is 2.90. The number of rotatable bonds is 9. The molecular formula is C23H20N4O4S2. The van der Waals surface area contributed by atoms with Gasteiger partial charge in [0.2, 0.25) is 11.1 Å². The van der Waals surface area contributed by atoms with Gasteiger partial charge in [0.1, 0.15) is 22.1 Å². The maximum atomic E-state index is 12.6. The molecule has 0 saturated carbocycles. The fourth-order valence-corrected chi connectivity index (χ4v) is 4.46. The van der Waals surface area contributed by atoms with E-state index >= 15 is 0 Å². The van der Waals surface area contributed by atoms with Crippen molar-refractivity contribution in [2.45, 2.75) is 12.1 Å². The smallest absolute Gasteiger partial charge is 0.341 e. The number of furan rings is 1. The third kappa shape index (κ3) is 5.79. The molecule has 8 nitrogen and oxygen atoms in total. The molecule has 0 radical (unpaired) electrons. The zero-order valence-corrected chi connectivity index (χ0v) is 19.2. The van der Waals surface area contributed by atoms with Crippen molar-refractivity contribution in [1.82, 2.24) is 15.2 Å². The maximum absolute atomic E-state index is 12.6. The molecule has 4 aromatic rings. The molecule has 0 fully saturated rings. The zero-order valence-electron chi connectivity index (χ0n) is 17.6. The summed E-state index contributed by atoms with van der Waals surface area (Å²) in [6.45, 7) is 1.95. The first kappa shape index (κ1) is 22.6. The Kier molecular flexibility index (Phi) is 7.38. The van der Waals surface area contributed by atoms with Crippen molar-refractivity contribution < 1.29 is 18.7 Å². The first-order valence-corrected chi connectivity index (χ1v) is 11.9. The van der Waals surface area contributed by atoms with Crippen LogP contribution in [-0.4, -0.2) is 39.4 Å². The van der Waals surface area contributed by atoms with Gasteiger partial charge in [-0.05, 0) is 30.7 Å². The van der Waals surface area contributed by atoms with E-state index in [4.69, 9.17) is 9.15 Å². The Bertz CT molecular complexity index is 1250. The molecule has 0 spiro atoms. The molecule has 3 aromatic heterocycles. The molecule has 4 rings (SSSR count). The lowest BCUT2D eigenvalue weighted by Crippen LogP contribution is -2.16. The number of esters is 1. The van der Waals surface area contributed by atoms with Crippen molar-refractivity contribution >= 4 is 52.1 Å². The van der Waals surface area contributed by atoms with Crippen LogP contribution in [0.15, 0.2) is 63.7 Å². The Hall–Kier alpha value is -3.63. The molecule has 0 atom stereocenters. The molecule has 2 N–H and O–H groups in total. The van der Waals surface area contributed by atoms with E-state index in [1.807, 2.05) is 42.5 Å². The van der Waals surface area contributed by atoms with Crippen LogP contribution in [0.5, 0.6) is 0 Å². The van der Waals surface area contributed by atoms with Gasteiger partial charge in [0.15, 0.2) is 0 Å². The van der Waals surface area contributed by atoms with Crippen molar-refractivity contribution in [2.75, 3.05) is 17.7 Å². The molecule has 1 aromatic carbocycles. The first-order chi connectivity index (χ1) is 16.1. The standard InChI is InChI=1S/C23H20N4O4S2/c1-2-30-22(29)20-16(17-9-6-12-31-17)13-32-21(20)25-19(28)14-33-23-24-18(26-27-23)11-10-15-7-4-3-5-8-15/h3-13H,2,14H2,1H3,(H,25,28)(H,24,26,27)/b11-10+. The van der Waals surface area contributed by atoms with Crippen LogP contribution in [0.2, 0.25) is 0 Å². The van der Waals surface area contributed by atoms with E-state index in [1.165, 1.54) is 29.4 Å². The first-order valence-electron chi connectivity index (χ1n) is 10.0. The highest BCUT2D eigenvalue weighted by Crippen LogP contribution is 2.36. The summed E-state index contributed by atoms with van der Waals surface area (Å²) in [6.07, 6.45) is 5.27. The minimum atomic E-state index is -0.517. The summed E-state index contributed by atoms with van der Waals surface area (Å²) in [6, 6.07) is 13.3. The lowest BCUT2D eigenvalue weighted by molar-refractivity contribution is -0.113. The Morgan fingerprint density at radius 1 is 1.21 bits per heavy atom. The molecule has 10 heteroatoms. The van der Waals surface area contributed by atoms with Gasteiger partial charge in [-0.3, -0.25) is 9.89 Å². The summed E-state index contributed by atoms with van der Waals surface area (Å²) in [4.78, 5) is 29.4. The summed E-state index contributed by atoms with van der Waals surface area (Å²) in [5, 5.41) is 12.4. The number of hydrogen-bond acceptors (Lipinski definition) is 8. The summed E-state index contributed by atoms with van der Waals surface area (Å²) in [5.41, 5.74) is 1.90. The second-order valence-corrected chi connectivity index (χ2v) is 8.46. The summed E-state index contributed by atoms with van der Waals surface area (Å²) in [7, 11) is 0. The van der Waals surface area contributed by atoms with Crippen LogP contribution in [0.4, 0.5) is 5.00 Å². The average Bonchev–Trinajstić information content (AvgIpc) is 3.58. The van der Waals surface area contributed by atoms with Crippen LogP contribution in [0.3, 0.4) is 0 Å². The molecule has 0 unspecified atom stereocenters. The number of hydrogen-bond donors (Lipinski definition) is 2. The van der Waals surface area contributed by atoms with Crippen molar-refractivity contribution in [3.05, 3.63) is 71.1 Å². The average molecular weight is 481 g/mol. The van der Waals surface area contributed by atoms with E-state index in [2.05, 4.69) is 20.5 Å². The highest BCUT2D eigenvalue weighted by atomic mass is 32.2. The van der Waals surface area contributed by atoms with E-state index in [0.717, 1.165) is 5.56 Å². The topological polar surface area (TPSA) is 110 Å². The number of carbonyl (C=O) groups excluding carboxylic acids is 2. The van der Waals surface area contributed by atoms with Crippen LogP contribution in [0.1, 0.15) is 28.7 Å². The van der Waals surface area contributed by atoms with E-state index < -0.39 is 5.97 Å². The second-order valence-electron chi connectivity index (χ2n) is 6.64. The van der Waals surface area contributed by atoms with Crippen molar-refractivity contribution in [3.8, 4) is 11.3 Å². The van der Waals surface area contributed by atoms with Crippen LogP contribution in [0.25, 0.3) is 23.5 Å². The number of nitrogens with one attached hydrogen (secondary N) is 2. The molecule has 33 heavy (non-hydrogen) atoms. The van der Waals surface area contributed by atoms with Gasteiger partial charge in [-0.1, -0.05) is 48.2 Å². The fraction of sp³-hybridized carbons (Fsp3) is 0.130. The van der Waals surface area contributed by atoms with E-state index in [1.54, 1.807) is 24.4 Å². The number of aromatic amines is 1. The van der Waals surface area contributed by atoms with Crippen LogP contribution in [0, 0.1) is 0 Å². The number of aromatic nitrogens is 3. The van der Waals surface area contributed by atoms with Gasteiger partial charge in [-0.2, -0.15) is 0 Å². The lowest BCUT2D eigenvalue weighted by atomic mass is 10.1. The van der Waals surface area contributed by atoms with Gasteiger partial charge < -0.3 is 14.5 Å². The van der Waals surface area contributed by atoms with Gasteiger partial charge in [-0.15, -0.1) is 16.4 Å². The van der Waals surface area contributed by atoms with Crippen molar-refractivity contribution in [2.24, 2.45) is 0 Å². The molecule has 0 saturated heterocycles. The van der Waals surface area contributed by atoms with Gasteiger partial charge in [-0.25, -0.2) is 9.78 Å². The molecule has 0 bridgehead atoms. The molecule has 0 aliphatic heterocycles. The maximum Gasteiger partial charge on any atom is 0.341 e. The minimum Gasteiger partial charge on any atom is -0.464 e. The van der Waals surface area contributed by atoms with Gasteiger partial charge in [0.25, 0.3) is 0 Å². The molecule has 0 aliphatic rings. The summed E-state index contributed by atoms with van der Waals surface area (Å²) in [5.74, 6) is 0.394. The van der Waals surface area contributed by atoms with Gasteiger partial charge in [0.05, 0.1) is 18.6 Å². The predicted molar refractivity (Wildman–Crippen MR) is 129 cm³/mol. The van der Waals surface area contributed by atoms with Crippen molar-refractivity contribution in [1.29, 1.82) is 0 Å². The normalized spacial score (nSPS) is 11.1. The number of anilines is 1. The Balaban J connectivity index is 1.39. The van der Waals surface area contributed by atoms with E-state index in [9.17, 15) is 9.59 Å². The number of ether oxygens (including phenoxy) is 1. The Morgan fingerprint density at radius 3 is 2.82 bits per heavy atom. The third-order valence-corrected chi connectivity index (χ3v) is 6.10. The summed E-state index contributed by atoms with van der Waals surface area (Å²) >= 11 is 2.43. The number of carbonyl (C=O) groups is 2. The van der Waals surface area contributed by atoms with Crippen LogP contribution < -0.4 is 5.32 Å². The van der Waals surface area contributed by atoms with E-state index in [0.29, 0.717) is 27.3 Å². The molecular weight excluding hydrogens is 460 g/mol. The number of amides is 1. The third-order valence-electron chi connectivity index (χ3n) is 4.36. The molecule has 168 valence electrons.